The van der Waals surface area contributed by atoms with E-state index in [2.05, 4.69) is 10.6 Å². The van der Waals surface area contributed by atoms with Crippen molar-refractivity contribution in [2.75, 3.05) is 19.0 Å². The van der Waals surface area contributed by atoms with E-state index in [0.717, 1.165) is 17.9 Å². The van der Waals surface area contributed by atoms with E-state index in [1.165, 1.54) is 0 Å². The van der Waals surface area contributed by atoms with Crippen molar-refractivity contribution in [2.45, 2.75) is 39.2 Å². The summed E-state index contributed by atoms with van der Waals surface area (Å²) in [6.07, 6.45) is 1.71. The van der Waals surface area contributed by atoms with E-state index >= 15 is 0 Å². The Morgan fingerprint density at radius 3 is 2.39 bits per heavy atom. The second-order valence-electron chi connectivity index (χ2n) is 6.50. The predicted octanol–water partition coefficient (Wildman–Crippen LogP) is 4.02. The van der Waals surface area contributed by atoms with Gasteiger partial charge in [-0.2, -0.15) is 0 Å². The molecule has 0 aliphatic rings. The van der Waals surface area contributed by atoms with E-state index in [1.807, 2.05) is 38.1 Å². The van der Waals surface area contributed by atoms with Crippen molar-refractivity contribution < 1.29 is 19.1 Å². The number of hydrogen-bond acceptors (Lipinski definition) is 4. The van der Waals surface area contributed by atoms with Crippen LogP contribution in [0.4, 0.5) is 5.69 Å². The lowest BCUT2D eigenvalue weighted by molar-refractivity contribution is -0.116. The van der Waals surface area contributed by atoms with Crippen LogP contribution in [0.1, 0.15) is 43.5 Å². The molecule has 0 aliphatic carbocycles. The zero-order chi connectivity index (χ0) is 20.4. The third-order valence-corrected chi connectivity index (χ3v) is 4.31. The smallest absolute Gasteiger partial charge is 0.253 e. The molecule has 2 amide bonds. The molecule has 2 aromatic carbocycles. The summed E-state index contributed by atoms with van der Waals surface area (Å²) >= 11 is 0. The Bertz CT molecular complexity index is 774. The zero-order valence-corrected chi connectivity index (χ0v) is 16.7. The molecular formula is C22H28N2O4. The number of carbonyl (C=O) groups is 2. The first-order chi connectivity index (χ1) is 13.5. The van der Waals surface area contributed by atoms with Crippen LogP contribution in [0.15, 0.2) is 48.5 Å². The maximum absolute atomic E-state index is 12.4. The number of carbonyl (C=O) groups excluding carboxylic acids is 2. The molecule has 0 saturated carbocycles. The number of hydrogen-bond donors (Lipinski definition) is 2. The molecule has 0 bridgehead atoms. The molecule has 0 heterocycles. The second kappa shape index (κ2) is 11.0. The number of anilines is 1. The summed E-state index contributed by atoms with van der Waals surface area (Å²) in [5.41, 5.74) is 0.981. The molecular weight excluding hydrogens is 356 g/mol. The summed E-state index contributed by atoms with van der Waals surface area (Å²) < 4.78 is 10.7. The minimum Gasteiger partial charge on any atom is -0.497 e. The summed E-state index contributed by atoms with van der Waals surface area (Å²) in [4.78, 5) is 24.6. The van der Waals surface area contributed by atoms with Gasteiger partial charge >= 0.3 is 0 Å². The van der Waals surface area contributed by atoms with Gasteiger partial charge in [-0.05, 0) is 56.2 Å². The van der Waals surface area contributed by atoms with E-state index in [4.69, 9.17) is 9.47 Å². The largest absolute Gasteiger partial charge is 0.497 e. The lowest BCUT2D eigenvalue weighted by atomic mass is 10.1. The standard InChI is InChI=1S/C22H28N2O4/c1-4-16(2)23-22(26)19-8-5-6-9-20(19)24-21(25)10-7-15-28-18-13-11-17(27-3)12-14-18/h5-6,8-9,11-14,16H,4,7,10,15H2,1-3H3,(H,23,26)(H,24,25)/t16-/m0/s1. The fraction of sp³-hybridized carbons (Fsp3) is 0.364. The van der Waals surface area contributed by atoms with Crippen LogP contribution in [0.3, 0.4) is 0 Å². The highest BCUT2D eigenvalue weighted by atomic mass is 16.5. The fourth-order valence-corrected chi connectivity index (χ4v) is 2.50. The molecule has 0 aliphatic heterocycles. The monoisotopic (exact) mass is 384 g/mol. The van der Waals surface area contributed by atoms with Crippen molar-refractivity contribution in [1.82, 2.24) is 5.32 Å². The second-order valence-corrected chi connectivity index (χ2v) is 6.50. The van der Waals surface area contributed by atoms with Gasteiger partial charge in [0.05, 0.1) is 25.0 Å². The Hall–Kier alpha value is -3.02. The molecule has 0 unspecified atom stereocenters. The predicted molar refractivity (Wildman–Crippen MR) is 110 cm³/mol. The molecule has 1 atom stereocenters. The van der Waals surface area contributed by atoms with Crippen LogP contribution in [-0.2, 0) is 4.79 Å². The molecule has 150 valence electrons. The maximum atomic E-state index is 12.4. The van der Waals surface area contributed by atoms with Crippen molar-refractivity contribution in [3.05, 3.63) is 54.1 Å². The van der Waals surface area contributed by atoms with Crippen molar-refractivity contribution in [2.24, 2.45) is 0 Å². The highest BCUT2D eigenvalue weighted by molar-refractivity contribution is 6.03. The minimum atomic E-state index is -0.187. The van der Waals surface area contributed by atoms with Crippen molar-refractivity contribution in [1.29, 1.82) is 0 Å². The van der Waals surface area contributed by atoms with Gasteiger partial charge in [-0.15, -0.1) is 0 Å². The van der Waals surface area contributed by atoms with Gasteiger partial charge in [-0.3, -0.25) is 9.59 Å². The van der Waals surface area contributed by atoms with Crippen LogP contribution in [0.2, 0.25) is 0 Å². The van der Waals surface area contributed by atoms with E-state index in [-0.39, 0.29) is 17.9 Å². The van der Waals surface area contributed by atoms with E-state index < -0.39 is 0 Å². The lowest BCUT2D eigenvalue weighted by Crippen LogP contribution is -2.32. The highest BCUT2D eigenvalue weighted by Gasteiger charge is 2.14. The number of rotatable bonds is 10. The number of nitrogens with one attached hydrogen (secondary N) is 2. The molecule has 0 fully saturated rings. The highest BCUT2D eigenvalue weighted by Crippen LogP contribution is 2.18. The Labute approximate surface area is 166 Å². The van der Waals surface area contributed by atoms with Gasteiger partial charge in [0.2, 0.25) is 5.91 Å². The summed E-state index contributed by atoms with van der Waals surface area (Å²) in [5.74, 6) is 1.16. The number of benzene rings is 2. The van der Waals surface area contributed by atoms with Crippen LogP contribution in [0, 0.1) is 0 Å². The number of para-hydroxylation sites is 1. The Balaban J connectivity index is 1.81. The molecule has 0 radical (unpaired) electrons. The summed E-state index contributed by atoms with van der Waals surface area (Å²) in [7, 11) is 1.61. The number of ether oxygens (including phenoxy) is 2. The molecule has 0 aromatic heterocycles. The first-order valence-electron chi connectivity index (χ1n) is 9.50. The van der Waals surface area contributed by atoms with Gasteiger partial charge < -0.3 is 20.1 Å². The average molecular weight is 384 g/mol. The molecule has 28 heavy (non-hydrogen) atoms. The quantitative estimate of drug-likeness (QED) is 0.607. The van der Waals surface area contributed by atoms with Crippen LogP contribution in [-0.4, -0.2) is 31.6 Å². The Morgan fingerprint density at radius 2 is 1.71 bits per heavy atom. The van der Waals surface area contributed by atoms with Gasteiger partial charge in [0, 0.05) is 12.5 Å². The van der Waals surface area contributed by atoms with E-state index in [1.54, 1.807) is 31.4 Å². The SMILES string of the molecule is CC[C@H](C)NC(=O)c1ccccc1NC(=O)CCCOc1ccc(OC)cc1. The molecule has 2 N–H and O–H groups in total. The fourth-order valence-electron chi connectivity index (χ4n) is 2.50. The van der Waals surface area contributed by atoms with Crippen LogP contribution in [0.25, 0.3) is 0 Å². The number of methoxy groups -OCH3 is 1. The van der Waals surface area contributed by atoms with E-state index in [9.17, 15) is 9.59 Å². The van der Waals surface area contributed by atoms with Gasteiger partial charge in [0.1, 0.15) is 11.5 Å². The van der Waals surface area contributed by atoms with Crippen molar-refractivity contribution in [3.63, 3.8) is 0 Å². The third-order valence-electron chi connectivity index (χ3n) is 4.31. The molecule has 2 aromatic rings. The molecule has 0 saturated heterocycles. The Kier molecular flexibility index (Phi) is 8.34. The Morgan fingerprint density at radius 1 is 1.04 bits per heavy atom. The number of amides is 2. The lowest BCUT2D eigenvalue weighted by Gasteiger charge is -2.14. The minimum absolute atomic E-state index is 0.0753. The topological polar surface area (TPSA) is 76.7 Å². The average Bonchev–Trinajstić information content (AvgIpc) is 2.71. The summed E-state index contributed by atoms with van der Waals surface area (Å²) in [6, 6.07) is 14.4. The zero-order valence-electron chi connectivity index (χ0n) is 16.7. The summed E-state index contributed by atoms with van der Waals surface area (Å²) in [6.45, 7) is 4.38. The van der Waals surface area contributed by atoms with Crippen molar-refractivity contribution in [3.8, 4) is 11.5 Å². The molecule has 2 rings (SSSR count). The van der Waals surface area contributed by atoms with Crippen molar-refractivity contribution >= 4 is 17.5 Å². The maximum Gasteiger partial charge on any atom is 0.253 e. The summed E-state index contributed by atoms with van der Waals surface area (Å²) in [5, 5.41) is 5.74. The van der Waals surface area contributed by atoms with Gasteiger partial charge in [0.25, 0.3) is 5.91 Å². The third kappa shape index (κ3) is 6.61. The van der Waals surface area contributed by atoms with Gasteiger partial charge in [-0.1, -0.05) is 19.1 Å². The van der Waals surface area contributed by atoms with Gasteiger partial charge in [0.15, 0.2) is 0 Å². The van der Waals surface area contributed by atoms with E-state index in [0.29, 0.717) is 30.7 Å². The molecule has 6 nitrogen and oxygen atoms in total. The molecule has 0 spiro atoms. The molecule has 6 heteroatoms. The van der Waals surface area contributed by atoms with Gasteiger partial charge in [-0.25, -0.2) is 0 Å². The first kappa shape index (κ1) is 21.3. The first-order valence-corrected chi connectivity index (χ1v) is 9.50. The van der Waals surface area contributed by atoms with Crippen LogP contribution in [0.5, 0.6) is 11.5 Å². The van der Waals surface area contributed by atoms with Crippen LogP contribution < -0.4 is 20.1 Å². The van der Waals surface area contributed by atoms with Crippen LogP contribution >= 0.6 is 0 Å². The normalized spacial score (nSPS) is 11.4.